The molecule has 0 spiro atoms. The van der Waals surface area contributed by atoms with Crippen molar-refractivity contribution in [3.8, 4) is 17.0 Å². The quantitative estimate of drug-likeness (QED) is 0.112. The Morgan fingerprint density at radius 3 is 2.26 bits per heavy atom. The van der Waals surface area contributed by atoms with Crippen molar-refractivity contribution < 1.29 is 43.2 Å². The molecule has 1 N–H and O–H groups in total. The van der Waals surface area contributed by atoms with Gasteiger partial charge in [0.15, 0.2) is 6.61 Å². The summed E-state index contributed by atoms with van der Waals surface area (Å²) < 4.78 is 22.4. The molecule has 0 amide bonds. The third-order valence-electron chi connectivity index (χ3n) is 17.3. The van der Waals surface area contributed by atoms with Crippen LogP contribution < -0.4 is 9.64 Å². The number of allylic oxidation sites excluding steroid dienone is 2. The van der Waals surface area contributed by atoms with Crippen molar-refractivity contribution in [1.29, 1.82) is 0 Å². The largest absolute Gasteiger partial charge is 0.485 e. The van der Waals surface area contributed by atoms with E-state index in [2.05, 4.69) is 59.7 Å². The highest BCUT2D eigenvalue weighted by Gasteiger charge is 2.69. The zero-order chi connectivity index (χ0) is 43.6. The smallest absolute Gasteiger partial charge is 0.310 e. The summed E-state index contributed by atoms with van der Waals surface area (Å²) in [5.41, 5.74) is 2.90. The summed E-state index contributed by atoms with van der Waals surface area (Å²) in [5.74, 6) is -0.0218. The molecule has 5 aliphatic rings. The van der Waals surface area contributed by atoms with E-state index in [9.17, 15) is 24.7 Å². The number of aromatic nitrogens is 2. The second kappa shape index (κ2) is 15.6. The van der Waals surface area contributed by atoms with Gasteiger partial charge in [0.1, 0.15) is 18.5 Å². The second-order valence-electron chi connectivity index (χ2n) is 21.2. The first kappa shape index (κ1) is 43.0. The molecule has 61 heavy (non-hydrogen) atoms. The van der Waals surface area contributed by atoms with E-state index >= 15 is 0 Å². The van der Waals surface area contributed by atoms with Crippen LogP contribution in [0.15, 0.2) is 70.9 Å². The van der Waals surface area contributed by atoms with Crippen molar-refractivity contribution in [2.45, 2.75) is 145 Å². The Balaban J connectivity index is 0.842. The molecule has 0 aliphatic heterocycles. The van der Waals surface area contributed by atoms with Gasteiger partial charge in [0.05, 0.1) is 18.3 Å². The maximum atomic E-state index is 13.3. The molecule has 1 heterocycles. The van der Waals surface area contributed by atoms with Gasteiger partial charge >= 0.3 is 17.9 Å². The molecule has 8 atom stereocenters. The molecule has 3 aromatic rings. The van der Waals surface area contributed by atoms with Gasteiger partial charge in [0.25, 0.3) is 5.69 Å². The van der Waals surface area contributed by atoms with Gasteiger partial charge in [-0.05, 0) is 126 Å². The molecule has 0 bridgehead atoms. The number of nitrogens with zero attached hydrogens (tertiary/aromatic N) is 2. The number of benzene rings is 2. The second-order valence-corrected chi connectivity index (χ2v) is 21.2. The summed E-state index contributed by atoms with van der Waals surface area (Å²) in [5, 5.41) is 26.8. The fraction of sp³-hybridized carbons (Fsp3) is 0.620. The number of aliphatic carboxylic acids is 1. The Morgan fingerprint density at radius 1 is 0.836 bits per heavy atom. The highest BCUT2D eigenvalue weighted by atomic mass is 16.8. The van der Waals surface area contributed by atoms with Crippen molar-refractivity contribution in [1.82, 2.24) is 5.16 Å². The summed E-state index contributed by atoms with van der Waals surface area (Å²) >= 11 is 0. The molecule has 328 valence electrons. The van der Waals surface area contributed by atoms with Crippen molar-refractivity contribution in [2.75, 3.05) is 0 Å². The van der Waals surface area contributed by atoms with Crippen LogP contribution >= 0.6 is 0 Å². The number of hydrogen-bond donors (Lipinski definition) is 1. The minimum absolute atomic E-state index is 0.0449. The monoisotopic (exact) mass is 836 g/mol. The Kier molecular flexibility index (Phi) is 11.0. The van der Waals surface area contributed by atoms with Gasteiger partial charge in [-0.2, -0.15) is 0 Å². The van der Waals surface area contributed by atoms with Gasteiger partial charge in [-0.3, -0.25) is 19.0 Å². The number of esters is 2. The van der Waals surface area contributed by atoms with Gasteiger partial charge in [0.2, 0.25) is 5.69 Å². The standard InChI is InChI=1S/C50H64N2O9/c1-45(2)25-27-50(44(55)56)28-26-48(6)35(36(50)29-45)17-18-39-47(5)23-22-40(46(3,4)38(47)21-24-49(39,48)7)60-42(54)20-19-41(53)59-30-32-13-15-34(16-14-32)58-31-37-43(51-61-52(37)57)33-11-9-8-10-12-33/h8-17,36,38-40H,18-31H2,1-7H3,(H,55,56)/t36-,38-,39+,40-,47-,48+,49+,50-/m0/s1. The topological polar surface area (TPSA) is 152 Å². The summed E-state index contributed by atoms with van der Waals surface area (Å²) in [6.45, 7) is 16.7. The molecule has 8 rings (SSSR count). The number of carboxylic acid groups (broad SMARTS) is 1. The Labute approximate surface area is 360 Å². The van der Waals surface area contributed by atoms with Crippen LogP contribution in [0.1, 0.15) is 137 Å². The predicted octanol–water partition coefficient (Wildman–Crippen LogP) is 10.2. The van der Waals surface area contributed by atoms with E-state index in [0.717, 1.165) is 75.3 Å². The molecule has 0 saturated heterocycles. The molecular weight excluding hydrogens is 773 g/mol. The highest BCUT2D eigenvalue weighted by molar-refractivity contribution is 5.78. The van der Waals surface area contributed by atoms with Gasteiger partial charge in [-0.25, -0.2) is 0 Å². The number of carboxylic acids is 1. The summed E-state index contributed by atoms with van der Waals surface area (Å²) in [6.07, 6.45) is 11.4. The van der Waals surface area contributed by atoms with Crippen molar-refractivity contribution in [2.24, 2.45) is 50.2 Å². The Hall–Kier alpha value is -4.67. The van der Waals surface area contributed by atoms with E-state index in [1.54, 1.807) is 24.3 Å². The van der Waals surface area contributed by atoms with E-state index in [4.69, 9.17) is 18.8 Å². The maximum absolute atomic E-state index is 13.3. The fourth-order valence-corrected chi connectivity index (χ4v) is 13.5. The first-order valence-electron chi connectivity index (χ1n) is 22.5. The van der Waals surface area contributed by atoms with Crippen molar-refractivity contribution in [3.63, 3.8) is 0 Å². The number of carbonyl (C=O) groups excluding carboxylic acids is 2. The first-order valence-corrected chi connectivity index (χ1v) is 22.5. The molecule has 11 heteroatoms. The lowest BCUT2D eigenvalue weighted by atomic mass is 9.33. The van der Waals surface area contributed by atoms with Crippen LogP contribution in [-0.2, 0) is 37.1 Å². The number of fused-ring (bicyclic) bond motifs is 7. The zero-order valence-corrected chi connectivity index (χ0v) is 37.1. The molecule has 2 aromatic carbocycles. The summed E-state index contributed by atoms with van der Waals surface area (Å²) in [4.78, 5) is 39.5. The first-order chi connectivity index (χ1) is 28.8. The number of carbonyl (C=O) groups is 3. The lowest BCUT2D eigenvalue weighted by Gasteiger charge is -2.71. The van der Waals surface area contributed by atoms with Crippen LogP contribution in [0.3, 0.4) is 0 Å². The molecule has 11 nitrogen and oxygen atoms in total. The summed E-state index contributed by atoms with van der Waals surface area (Å²) in [6, 6.07) is 16.3. The molecule has 5 aliphatic carbocycles. The van der Waals surface area contributed by atoms with Gasteiger partial charge in [-0.1, -0.05) is 103 Å². The normalized spacial score (nSPS) is 33.4. The van der Waals surface area contributed by atoms with Crippen LogP contribution in [0, 0.1) is 55.5 Å². The Morgan fingerprint density at radius 2 is 1.54 bits per heavy atom. The van der Waals surface area contributed by atoms with Crippen LogP contribution in [0.5, 0.6) is 5.75 Å². The fourth-order valence-electron chi connectivity index (χ4n) is 13.5. The van der Waals surface area contributed by atoms with E-state index in [1.807, 2.05) is 30.3 Å². The number of hydrogen-bond acceptors (Lipinski definition) is 9. The molecule has 1 aromatic heterocycles. The molecular formula is C50H64N2O9. The summed E-state index contributed by atoms with van der Waals surface area (Å²) in [7, 11) is 0. The van der Waals surface area contributed by atoms with Crippen molar-refractivity contribution >= 4 is 17.9 Å². The van der Waals surface area contributed by atoms with Gasteiger partial charge < -0.3 is 24.5 Å². The van der Waals surface area contributed by atoms with E-state index in [-0.39, 0.29) is 76.8 Å². The third-order valence-corrected chi connectivity index (χ3v) is 17.3. The molecule has 0 unspecified atom stereocenters. The average molecular weight is 837 g/mol. The molecule has 0 radical (unpaired) electrons. The number of rotatable bonds is 11. The SMILES string of the molecule is CC1(C)CC[C@]2(C(=O)O)CC[C@]3(C)C(=CC[C@@H]4[C@@]5(C)CC[C@H](OC(=O)CCC(=O)OCc6ccc(OCc7c(-c8ccccc8)no[n+]7[O-])cc6)C(C)(C)[C@@H]5CC[C@]43C)[C@@H]2C1. The lowest BCUT2D eigenvalue weighted by molar-refractivity contribution is -0.808. The van der Waals surface area contributed by atoms with Crippen LogP contribution in [-0.4, -0.2) is 34.3 Å². The van der Waals surface area contributed by atoms with Crippen molar-refractivity contribution in [3.05, 3.63) is 82.7 Å². The average Bonchev–Trinajstić information content (AvgIpc) is 3.59. The maximum Gasteiger partial charge on any atom is 0.310 e. The van der Waals surface area contributed by atoms with Crippen LogP contribution in [0.25, 0.3) is 11.3 Å². The highest BCUT2D eigenvalue weighted by Crippen LogP contribution is 2.76. The van der Waals surface area contributed by atoms with Gasteiger partial charge in [-0.15, -0.1) is 0 Å². The molecule has 4 fully saturated rings. The third kappa shape index (κ3) is 7.35. The van der Waals surface area contributed by atoms with E-state index < -0.39 is 17.4 Å². The Bertz CT molecular complexity index is 2180. The zero-order valence-electron chi connectivity index (χ0n) is 37.1. The predicted molar refractivity (Wildman–Crippen MR) is 227 cm³/mol. The lowest BCUT2D eigenvalue weighted by Crippen LogP contribution is -2.65. The van der Waals surface area contributed by atoms with Crippen LogP contribution in [0.4, 0.5) is 0 Å². The van der Waals surface area contributed by atoms with Gasteiger partial charge in [0, 0.05) is 16.1 Å². The van der Waals surface area contributed by atoms with Crippen LogP contribution in [0.2, 0.25) is 0 Å². The molecule has 4 saturated carbocycles. The van der Waals surface area contributed by atoms with E-state index in [0.29, 0.717) is 28.2 Å². The minimum atomic E-state index is -0.644. The minimum Gasteiger partial charge on any atom is -0.485 e. The number of ether oxygens (including phenoxy) is 3. The van der Waals surface area contributed by atoms with E-state index in [1.165, 1.54) is 5.57 Å².